The average molecular weight is 521 g/mol. The third-order valence-electron chi connectivity index (χ3n) is 12.0. The quantitative estimate of drug-likeness (QED) is 0.528. The van der Waals surface area contributed by atoms with Crippen molar-refractivity contribution in [3.05, 3.63) is 23.8 Å². The Balaban J connectivity index is 1.59. The highest BCUT2D eigenvalue weighted by atomic mass is 19.1. The van der Waals surface area contributed by atoms with Gasteiger partial charge in [0.2, 0.25) is 5.60 Å². The van der Waals surface area contributed by atoms with E-state index in [1.165, 1.54) is 19.1 Å². The average Bonchev–Trinajstić information content (AvgIpc) is 3.08. The predicted molar refractivity (Wildman–Crippen MR) is 131 cm³/mol. The van der Waals surface area contributed by atoms with Crippen LogP contribution in [0.2, 0.25) is 0 Å². The molecule has 204 valence electrons. The zero-order valence-electron chi connectivity index (χ0n) is 22.6. The number of carboxylic acids is 1. The largest absolute Gasteiger partial charge is 0.478 e. The predicted octanol–water partition coefficient (Wildman–Crippen LogP) is 4.60. The molecule has 37 heavy (non-hydrogen) atoms. The van der Waals surface area contributed by atoms with Gasteiger partial charge in [-0.2, -0.15) is 0 Å². The van der Waals surface area contributed by atoms with Crippen molar-refractivity contribution in [2.45, 2.75) is 91.3 Å². The molecule has 5 aliphatic carbocycles. The Morgan fingerprint density at radius 3 is 2.19 bits per heavy atom. The van der Waals surface area contributed by atoms with Gasteiger partial charge in [-0.15, -0.1) is 0 Å². The van der Waals surface area contributed by atoms with Crippen molar-refractivity contribution >= 4 is 17.7 Å². The molecule has 0 spiro atoms. The van der Waals surface area contributed by atoms with Gasteiger partial charge in [0.1, 0.15) is 6.17 Å². The van der Waals surface area contributed by atoms with Crippen molar-refractivity contribution in [3.8, 4) is 0 Å². The van der Waals surface area contributed by atoms with Gasteiger partial charge in [-0.25, -0.2) is 13.6 Å². The molecule has 4 saturated carbocycles. The molecule has 0 amide bonds. The minimum absolute atomic E-state index is 0.0153. The fraction of sp³-hybridized carbons (Fsp3) is 0.759. The lowest BCUT2D eigenvalue weighted by Crippen LogP contribution is -2.71. The number of carbonyl (C=O) groups is 3. The Hall–Kier alpha value is -2.09. The van der Waals surface area contributed by atoms with E-state index in [0.717, 1.165) is 6.08 Å². The summed E-state index contributed by atoms with van der Waals surface area (Å²) in [7, 11) is 0. The molecule has 8 heteroatoms. The number of alkyl halides is 2. The molecule has 5 rings (SSSR count). The number of hydrogen-bond donors (Lipinski definition) is 2. The summed E-state index contributed by atoms with van der Waals surface area (Å²) >= 11 is 0. The Kier molecular flexibility index (Phi) is 5.23. The van der Waals surface area contributed by atoms with Crippen LogP contribution in [0.4, 0.5) is 8.78 Å². The van der Waals surface area contributed by atoms with E-state index in [9.17, 15) is 24.6 Å². The van der Waals surface area contributed by atoms with Gasteiger partial charge >= 0.3 is 11.9 Å². The molecule has 0 unspecified atom stereocenters. The molecule has 6 nitrogen and oxygen atoms in total. The van der Waals surface area contributed by atoms with Gasteiger partial charge in [-0.3, -0.25) is 9.59 Å². The first kappa shape index (κ1) is 26.5. The van der Waals surface area contributed by atoms with E-state index in [0.29, 0.717) is 0 Å². The zero-order valence-corrected chi connectivity index (χ0v) is 22.6. The Labute approximate surface area is 216 Å². The molecule has 4 fully saturated rings. The third kappa shape index (κ3) is 2.81. The van der Waals surface area contributed by atoms with E-state index in [1.807, 2.05) is 27.7 Å². The van der Waals surface area contributed by atoms with Crippen molar-refractivity contribution < 1.29 is 38.1 Å². The number of carbonyl (C=O) groups excluding carboxylic acids is 2. The monoisotopic (exact) mass is 520 g/mol. The number of fused-ring (bicyclic) bond motifs is 5. The molecular formula is C29H38F2O6. The Morgan fingerprint density at radius 1 is 1.05 bits per heavy atom. The summed E-state index contributed by atoms with van der Waals surface area (Å²) in [4.78, 5) is 38.5. The van der Waals surface area contributed by atoms with Crippen LogP contribution in [0, 0.1) is 45.3 Å². The fourth-order valence-corrected chi connectivity index (χ4v) is 9.24. The molecule has 0 bridgehead atoms. The molecule has 0 heterocycles. The highest BCUT2D eigenvalue weighted by molar-refractivity contribution is 6.01. The van der Waals surface area contributed by atoms with E-state index < -0.39 is 75.8 Å². The van der Waals surface area contributed by atoms with E-state index in [1.54, 1.807) is 13.8 Å². The fourth-order valence-electron chi connectivity index (χ4n) is 9.24. The van der Waals surface area contributed by atoms with Gasteiger partial charge in [0.15, 0.2) is 11.5 Å². The van der Waals surface area contributed by atoms with Crippen LogP contribution in [-0.2, 0) is 19.1 Å². The summed E-state index contributed by atoms with van der Waals surface area (Å²) in [6, 6.07) is 0. The minimum Gasteiger partial charge on any atom is -0.478 e. The van der Waals surface area contributed by atoms with Gasteiger partial charge in [0.05, 0.1) is 12.0 Å². The molecule has 0 radical (unpaired) electrons. The summed E-state index contributed by atoms with van der Waals surface area (Å²) in [6.07, 6.45) is 0.0736. The van der Waals surface area contributed by atoms with Gasteiger partial charge < -0.3 is 14.9 Å². The first-order valence-corrected chi connectivity index (χ1v) is 13.3. The summed E-state index contributed by atoms with van der Waals surface area (Å²) < 4.78 is 39.0. The number of ether oxygens (including phenoxy) is 1. The van der Waals surface area contributed by atoms with Crippen LogP contribution in [0.5, 0.6) is 0 Å². The number of aliphatic hydroxyl groups is 1. The van der Waals surface area contributed by atoms with Crippen LogP contribution >= 0.6 is 0 Å². The van der Waals surface area contributed by atoms with Crippen molar-refractivity contribution in [2.75, 3.05) is 0 Å². The van der Waals surface area contributed by atoms with Crippen molar-refractivity contribution in [2.24, 2.45) is 45.3 Å². The van der Waals surface area contributed by atoms with Crippen LogP contribution < -0.4 is 0 Å². The topological polar surface area (TPSA) is 101 Å². The first-order valence-electron chi connectivity index (χ1n) is 13.3. The number of halogens is 2. The van der Waals surface area contributed by atoms with Crippen LogP contribution in [-0.4, -0.2) is 51.5 Å². The number of esters is 1. The first-order chi connectivity index (χ1) is 16.8. The highest BCUT2D eigenvalue weighted by Crippen LogP contribution is 2.73. The summed E-state index contributed by atoms with van der Waals surface area (Å²) in [5.41, 5.74) is -7.93. The third-order valence-corrected chi connectivity index (χ3v) is 12.0. The van der Waals surface area contributed by atoms with Crippen LogP contribution in [0.3, 0.4) is 0 Å². The number of carboxylic acid groups (broad SMARTS) is 1. The lowest BCUT2D eigenvalue weighted by molar-refractivity contribution is -0.238. The molecule has 2 N–H and O–H groups in total. The highest BCUT2D eigenvalue weighted by Gasteiger charge is 2.79. The molecule has 0 aromatic carbocycles. The van der Waals surface area contributed by atoms with Gasteiger partial charge in [0, 0.05) is 22.7 Å². The lowest BCUT2D eigenvalue weighted by Gasteiger charge is -2.62. The standard InChI is InChI=1S/C29H38F2O6/c1-14-10-16-17-12-19(30)18-11-15(32)8-9-26(18,6)28(17,31)20(33)13-27(16,7)29(14,23(35)36)37-22(34)21-24(2,3)25(21,4)5/h8-9,11,14,16-17,19-21,33H,10,12-13H2,1-7H3,(H,35,36)/t14-,16+,17+,19+,20+,26+,27+,28+,29+/m1/s1. The van der Waals surface area contributed by atoms with Crippen LogP contribution in [0.1, 0.15) is 67.7 Å². The normalized spacial score (nSPS) is 49.4. The number of hydrogen-bond acceptors (Lipinski definition) is 5. The smallest absolute Gasteiger partial charge is 0.349 e. The molecule has 0 aromatic heterocycles. The van der Waals surface area contributed by atoms with Crippen molar-refractivity contribution in [3.63, 3.8) is 0 Å². The molecular weight excluding hydrogens is 482 g/mol. The van der Waals surface area contributed by atoms with Crippen molar-refractivity contribution in [1.82, 2.24) is 0 Å². The van der Waals surface area contributed by atoms with E-state index >= 15 is 8.78 Å². The maximum Gasteiger partial charge on any atom is 0.349 e. The molecule has 0 aromatic rings. The molecule has 0 saturated heterocycles. The number of allylic oxidation sites excluding steroid dienone is 4. The molecule has 0 aliphatic heterocycles. The maximum atomic E-state index is 17.3. The van der Waals surface area contributed by atoms with Crippen LogP contribution in [0.25, 0.3) is 0 Å². The summed E-state index contributed by atoms with van der Waals surface area (Å²) in [6.45, 7) is 12.6. The summed E-state index contributed by atoms with van der Waals surface area (Å²) in [5, 5.41) is 22.1. The molecule has 5 aliphatic rings. The van der Waals surface area contributed by atoms with E-state index in [-0.39, 0.29) is 35.7 Å². The minimum atomic E-state index is -2.32. The van der Waals surface area contributed by atoms with Crippen molar-refractivity contribution in [1.29, 1.82) is 0 Å². The van der Waals surface area contributed by atoms with E-state index in [2.05, 4.69) is 0 Å². The van der Waals surface area contributed by atoms with E-state index in [4.69, 9.17) is 4.74 Å². The summed E-state index contributed by atoms with van der Waals surface area (Å²) in [5.74, 6) is -5.23. The second kappa shape index (κ2) is 7.30. The Bertz CT molecular complexity index is 1140. The number of aliphatic hydroxyl groups excluding tert-OH is 1. The number of rotatable bonds is 3. The second-order valence-corrected chi connectivity index (χ2v) is 13.8. The van der Waals surface area contributed by atoms with Gasteiger partial charge in [-0.05, 0) is 60.7 Å². The van der Waals surface area contributed by atoms with Gasteiger partial charge in [0.25, 0.3) is 0 Å². The lowest BCUT2D eigenvalue weighted by atomic mass is 9.44. The SMILES string of the molecule is C[C@@H]1C[C@H]2[C@@H]3C[C@H](F)C4=CC(=O)C=C[C@]4(C)[C@@]3(F)[C@@H](O)C[C@]2(C)[C@@]1(OC(=O)C1C(C)(C)C1(C)C)C(=O)O. The zero-order chi connectivity index (χ0) is 27.7. The second-order valence-electron chi connectivity index (χ2n) is 13.8. The van der Waals surface area contributed by atoms with Crippen LogP contribution in [0.15, 0.2) is 23.8 Å². The van der Waals surface area contributed by atoms with Gasteiger partial charge in [-0.1, -0.05) is 47.6 Å². The Morgan fingerprint density at radius 2 is 1.65 bits per heavy atom. The number of ketones is 1. The maximum absolute atomic E-state index is 17.3. The number of aliphatic carboxylic acids is 1. The molecule has 9 atom stereocenters.